The van der Waals surface area contributed by atoms with Gasteiger partial charge in [-0.1, -0.05) is 214 Å². The molecule has 11 rings (SSSR count). The molecule has 0 radical (unpaired) electrons. The molecule has 0 aliphatic heterocycles. The van der Waals surface area contributed by atoms with E-state index < -0.39 is 0 Å². The van der Waals surface area contributed by atoms with Gasteiger partial charge >= 0.3 is 0 Å². The van der Waals surface area contributed by atoms with Gasteiger partial charge in [0.05, 0.1) is 5.69 Å². The third kappa shape index (κ3) is 5.84. The Labute approximate surface area is 353 Å². The molecule has 0 bridgehead atoms. The summed E-state index contributed by atoms with van der Waals surface area (Å²) >= 11 is 0. The fraction of sp³-hybridized carbons (Fsp3) is 0.0847. The Morgan fingerprint density at radius 1 is 0.467 bits per heavy atom. The summed E-state index contributed by atoms with van der Waals surface area (Å²) in [6, 6.07) is 69.5. The predicted octanol–water partition coefficient (Wildman–Crippen LogP) is 15.8. The summed E-state index contributed by atoms with van der Waals surface area (Å²) in [7, 11) is 0. The molecule has 0 aromatic heterocycles. The number of rotatable bonds is 7. The van der Waals surface area contributed by atoms with Gasteiger partial charge in [-0.15, -0.1) is 0 Å². The van der Waals surface area contributed by atoms with Crippen LogP contribution in [0.2, 0.25) is 0 Å². The van der Waals surface area contributed by atoms with Crippen LogP contribution in [0.15, 0.2) is 230 Å². The normalized spacial score (nSPS) is 17.0. The van der Waals surface area contributed by atoms with Crippen molar-refractivity contribution in [3.63, 3.8) is 0 Å². The molecule has 0 spiro atoms. The van der Waals surface area contributed by atoms with E-state index in [1.54, 1.807) is 0 Å². The zero-order chi connectivity index (χ0) is 40.2. The van der Waals surface area contributed by atoms with E-state index in [2.05, 4.69) is 243 Å². The fourth-order valence-electron chi connectivity index (χ4n) is 10.3. The quantitative estimate of drug-likeness (QED) is 0.156. The lowest BCUT2D eigenvalue weighted by molar-refractivity contribution is 0.660. The van der Waals surface area contributed by atoms with Crippen LogP contribution >= 0.6 is 0 Å². The average Bonchev–Trinajstić information content (AvgIpc) is 3.55. The third-order valence-electron chi connectivity index (χ3n) is 13.1. The maximum Gasteiger partial charge on any atom is 0.0540 e. The second kappa shape index (κ2) is 14.6. The molecule has 0 amide bonds. The Hall–Kier alpha value is -7.22. The SMILES string of the molecule is CC1(C)c2ccccc2-c2c(-c3ccc(N(c4ccccc4-c4cccc5ccccc45)c4ccccc4C4C=CC=C5C=CC=C(c6ccccc6)C54)cc3)cccc21. The lowest BCUT2D eigenvalue weighted by Crippen LogP contribution is -2.22. The second-order valence-electron chi connectivity index (χ2n) is 16.8. The van der Waals surface area contributed by atoms with Gasteiger partial charge in [0.1, 0.15) is 0 Å². The van der Waals surface area contributed by atoms with E-state index in [4.69, 9.17) is 0 Å². The van der Waals surface area contributed by atoms with Crippen molar-refractivity contribution >= 4 is 33.4 Å². The summed E-state index contributed by atoms with van der Waals surface area (Å²) in [5.74, 6) is 0.285. The zero-order valence-electron chi connectivity index (χ0n) is 34.0. The van der Waals surface area contributed by atoms with Crippen molar-refractivity contribution in [2.45, 2.75) is 25.2 Å². The predicted molar refractivity (Wildman–Crippen MR) is 254 cm³/mol. The minimum absolute atomic E-state index is 0.0555. The third-order valence-corrected chi connectivity index (χ3v) is 13.1. The van der Waals surface area contributed by atoms with Gasteiger partial charge in [-0.2, -0.15) is 0 Å². The number of anilines is 3. The lowest BCUT2D eigenvalue weighted by atomic mass is 9.70. The summed E-state index contributed by atoms with van der Waals surface area (Å²) in [5.41, 5.74) is 19.0. The molecule has 1 nitrogen and oxygen atoms in total. The topological polar surface area (TPSA) is 3.24 Å². The molecule has 1 heteroatoms. The standard InChI is InChI=1S/C59H45N/c1-59(2)53-32-11-8-27-52(53)58-47(29-17-33-54(58)59)42-36-38-44(39-37-42)60(55-34-12-9-25-49(55)48-30-14-21-40-20-6-7-24-45(40)48)56-35-13-10-26-50(56)51-31-16-23-43-22-15-28-46(57(43)51)41-18-4-3-5-19-41/h3-39,51,57H,1-2H3. The first-order valence-corrected chi connectivity index (χ1v) is 21.2. The van der Waals surface area contributed by atoms with E-state index >= 15 is 0 Å². The lowest BCUT2D eigenvalue weighted by Gasteiger charge is -2.36. The Balaban J connectivity index is 1.10. The van der Waals surface area contributed by atoms with Crippen LogP contribution in [0.1, 0.15) is 42.0 Å². The smallest absolute Gasteiger partial charge is 0.0540 e. The molecule has 286 valence electrons. The van der Waals surface area contributed by atoms with Crippen LogP contribution in [0.4, 0.5) is 17.1 Å². The highest BCUT2D eigenvalue weighted by atomic mass is 15.1. The van der Waals surface area contributed by atoms with Crippen LogP contribution in [0, 0.1) is 5.92 Å². The largest absolute Gasteiger partial charge is 0.310 e. The van der Waals surface area contributed by atoms with Crippen molar-refractivity contribution in [1.29, 1.82) is 0 Å². The van der Waals surface area contributed by atoms with E-state index in [1.807, 2.05) is 0 Å². The molecular formula is C59H45N. The maximum absolute atomic E-state index is 2.51. The molecule has 0 N–H and O–H groups in total. The van der Waals surface area contributed by atoms with E-state index in [1.165, 1.54) is 83.2 Å². The Kier molecular flexibility index (Phi) is 8.71. The molecule has 0 saturated carbocycles. The average molecular weight is 768 g/mol. The number of hydrogen-bond acceptors (Lipinski definition) is 1. The van der Waals surface area contributed by atoms with E-state index in [0.29, 0.717) is 0 Å². The molecule has 60 heavy (non-hydrogen) atoms. The molecule has 3 aliphatic rings. The van der Waals surface area contributed by atoms with Gasteiger partial charge in [0.2, 0.25) is 0 Å². The van der Waals surface area contributed by atoms with Crippen molar-refractivity contribution in [2.24, 2.45) is 5.92 Å². The summed E-state index contributed by atoms with van der Waals surface area (Å²) < 4.78 is 0. The molecular weight excluding hydrogens is 723 g/mol. The minimum atomic E-state index is -0.0555. The second-order valence-corrected chi connectivity index (χ2v) is 16.8. The number of hydrogen-bond donors (Lipinski definition) is 0. The van der Waals surface area contributed by atoms with Gasteiger partial charge in [0, 0.05) is 34.2 Å². The first-order valence-electron chi connectivity index (χ1n) is 21.2. The van der Waals surface area contributed by atoms with Crippen LogP contribution < -0.4 is 4.90 Å². The van der Waals surface area contributed by atoms with Crippen molar-refractivity contribution in [2.75, 3.05) is 4.90 Å². The van der Waals surface area contributed by atoms with Crippen LogP contribution in [-0.4, -0.2) is 0 Å². The molecule has 3 aliphatic carbocycles. The fourth-order valence-corrected chi connectivity index (χ4v) is 10.3. The Bertz CT molecular complexity index is 3060. The molecule has 8 aromatic rings. The molecule has 2 unspecified atom stereocenters. The van der Waals surface area contributed by atoms with Gasteiger partial charge in [-0.05, 0) is 96.3 Å². The Morgan fingerprint density at radius 2 is 1.12 bits per heavy atom. The van der Waals surface area contributed by atoms with E-state index in [0.717, 1.165) is 11.4 Å². The van der Waals surface area contributed by atoms with Gasteiger partial charge in [0.25, 0.3) is 0 Å². The maximum atomic E-state index is 2.51. The van der Waals surface area contributed by atoms with E-state index in [-0.39, 0.29) is 17.3 Å². The van der Waals surface area contributed by atoms with Gasteiger partial charge in [0.15, 0.2) is 0 Å². The molecule has 0 heterocycles. The summed E-state index contributed by atoms with van der Waals surface area (Å²) in [6.07, 6.45) is 13.8. The number of allylic oxidation sites excluding steroid dienone is 8. The van der Waals surface area contributed by atoms with Crippen LogP contribution in [0.5, 0.6) is 0 Å². The highest BCUT2D eigenvalue weighted by Crippen LogP contribution is 2.53. The van der Waals surface area contributed by atoms with Crippen LogP contribution in [0.3, 0.4) is 0 Å². The van der Waals surface area contributed by atoms with Gasteiger partial charge in [-0.3, -0.25) is 0 Å². The highest BCUT2D eigenvalue weighted by Gasteiger charge is 2.37. The molecule has 8 aromatic carbocycles. The van der Waals surface area contributed by atoms with Crippen LogP contribution in [0.25, 0.3) is 49.7 Å². The zero-order valence-corrected chi connectivity index (χ0v) is 34.0. The minimum Gasteiger partial charge on any atom is -0.310 e. The molecule has 0 fully saturated rings. The molecule has 2 atom stereocenters. The van der Waals surface area contributed by atoms with Crippen molar-refractivity contribution < 1.29 is 0 Å². The first kappa shape index (κ1) is 35.9. The first-order chi connectivity index (χ1) is 29.6. The summed E-state index contributed by atoms with van der Waals surface area (Å²) in [5, 5.41) is 2.48. The Morgan fingerprint density at radius 3 is 1.98 bits per heavy atom. The summed E-state index contributed by atoms with van der Waals surface area (Å²) in [4.78, 5) is 2.51. The van der Waals surface area contributed by atoms with Gasteiger partial charge < -0.3 is 4.90 Å². The summed E-state index contributed by atoms with van der Waals surface area (Å²) in [6.45, 7) is 4.71. The van der Waals surface area contributed by atoms with Crippen molar-refractivity contribution in [3.05, 3.63) is 252 Å². The van der Waals surface area contributed by atoms with Crippen molar-refractivity contribution in [3.8, 4) is 33.4 Å². The number of nitrogens with zero attached hydrogens (tertiary/aromatic N) is 1. The van der Waals surface area contributed by atoms with E-state index in [9.17, 15) is 0 Å². The number of fused-ring (bicyclic) bond motifs is 5. The molecule has 0 saturated heterocycles. The number of benzene rings is 8. The van der Waals surface area contributed by atoms with Crippen molar-refractivity contribution in [1.82, 2.24) is 0 Å². The highest BCUT2D eigenvalue weighted by molar-refractivity contribution is 6.02. The van der Waals surface area contributed by atoms with Crippen LogP contribution in [-0.2, 0) is 5.41 Å². The van der Waals surface area contributed by atoms with Gasteiger partial charge in [-0.25, -0.2) is 0 Å². The monoisotopic (exact) mass is 767 g/mol. The number of para-hydroxylation sites is 2.